The molecule has 1 aliphatic carbocycles. The number of carbonyl (C=O) groups is 4. The Morgan fingerprint density at radius 1 is 0.677 bits per heavy atom. The summed E-state index contributed by atoms with van der Waals surface area (Å²) in [5, 5.41) is 14.6. The number of aromatic nitrogens is 2. The third-order valence-corrected chi connectivity index (χ3v) is 13.9. The first kappa shape index (κ1) is 74.6. The molecule has 7 rings (SSSR count). The van der Waals surface area contributed by atoms with Crippen molar-refractivity contribution < 1.29 is 82.4 Å². The van der Waals surface area contributed by atoms with Crippen LogP contribution in [0.5, 0.6) is 11.9 Å². The first-order valence-electron chi connectivity index (χ1n) is 30.1. The SMILES string of the molecule is CC1(C)CNC(=NN=C(C=Cc2ccc(C(F)(F)F)cc2)C=Cc2ccc(C(F)(F)F)cc2)NC1.CCCCCCCCCCCCC1=C(OC(C)=O)C(=O)c2ccccc2C1=O.CO/C=C(/C(=O)OC)c1ccccc1COc1cc(C(F)(F)F)nc(OC(C)C)n1. The number of rotatable bonds is 25. The van der Waals surface area contributed by atoms with Crippen molar-refractivity contribution >= 4 is 52.9 Å². The van der Waals surface area contributed by atoms with E-state index in [0.717, 1.165) is 43.5 Å². The van der Waals surface area contributed by atoms with Gasteiger partial charge < -0.3 is 34.3 Å². The Morgan fingerprint density at radius 2 is 1.19 bits per heavy atom. The number of ether oxygens (including phenoxy) is 5. The minimum atomic E-state index is -4.70. The second-order valence-corrected chi connectivity index (χ2v) is 22.5. The van der Waals surface area contributed by atoms with Gasteiger partial charge in [-0.05, 0) is 90.8 Å². The van der Waals surface area contributed by atoms with Crippen LogP contribution >= 0.6 is 0 Å². The van der Waals surface area contributed by atoms with Crippen LogP contribution in [-0.4, -0.2) is 78.6 Å². The van der Waals surface area contributed by atoms with Crippen LogP contribution in [0.1, 0.15) is 172 Å². The zero-order chi connectivity index (χ0) is 68.4. The van der Waals surface area contributed by atoms with E-state index in [2.05, 4.69) is 51.6 Å². The number of guanidine groups is 1. The number of methoxy groups -OCH3 is 2. The van der Waals surface area contributed by atoms with Gasteiger partial charge in [-0.1, -0.05) is 164 Å². The van der Waals surface area contributed by atoms with E-state index in [4.69, 9.17) is 23.7 Å². The summed E-state index contributed by atoms with van der Waals surface area (Å²) in [5.41, 5.74) is 0.840. The lowest BCUT2D eigenvalue weighted by Gasteiger charge is -2.31. The summed E-state index contributed by atoms with van der Waals surface area (Å²) in [6.07, 6.45) is 5.93. The quantitative estimate of drug-likeness (QED) is 0.0107. The van der Waals surface area contributed by atoms with Crippen molar-refractivity contribution in [3.05, 3.63) is 183 Å². The normalized spacial score (nSPS) is 14.0. The largest absolute Gasteiger partial charge is 0.503 e. The fourth-order valence-corrected chi connectivity index (χ4v) is 9.07. The average molecular weight is 1310 g/mol. The smallest absolute Gasteiger partial charge is 0.433 e. The molecule has 1 aliphatic heterocycles. The number of hydrogen-bond acceptors (Lipinski definition) is 13. The van der Waals surface area contributed by atoms with Crippen LogP contribution in [0.4, 0.5) is 39.5 Å². The van der Waals surface area contributed by atoms with E-state index in [1.165, 1.54) is 96.6 Å². The lowest BCUT2D eigenvalue weighted by molar-refractivity contribution is -0.142. The van der Waals surface area contributed by atoms with Gasteiger partial charge in [0.2, 0.25) is 17.6 Å². The van der Waals surface area contributed by atoms with Gasteiger partial charge in [-0.2, -0.15) is 49.5 Å². The number of benzene rings is 4. The molecule has 1 fully saturated rings. The number of hydrogen-bond donors (Lipinski definition) is 2. The maximum atomic E-state index is 13.2. The van der Waals surface area contributed by atoms with Crippen LogP contribution in [0.3, 0.4) is 0 Å². The van der Waals surface area contributed by atoms with Gasteiger partial charge in [0.05, 0.1) is 43.4 Å². The van der Waals surface area contributed by atoms with Crippen molar-refractivity contribution in [2.75, 3.05) is 27.3 Å². The molecule has 24 heteroatoms. The Hall–Kier alpha value is -9.09. The fraction of sp³-hybridized carbons (Fsp3) is 0.391. The molecule has 1 saturated heterocycles. The first-order valence-corrected chi connectivity index (χ1v) is 30.1. The fourth-order valence-electron chi connectivity index (χ4n) is 9.07. The minimum Gasteiger partial charge on any atom is -0.503 e. The highest BCUT2D eigenvalue weighted by atomic mass is 19.4. The zero-order valence-electron chi connectivity index (χ0n) is 53.0. The number of allylic oxidation sites excluding steroid dienone is 4. The van der Waals surface area contributed by atoms with E-state index in [1.54, 1.807) is 86.7 Å². The van der Waals surface area contributed by atoms with Crippen LogP contribution in [0.2, 0.25) is 0 Å². The van der Waals surface area contributed by atoms with E-state index in [1.807, 2.05) is 0 Å². The Labute approximate surface area is 535 Å². The van der Waals surface area contributed by atoms with Crippen LogP contribution in [0.25, 0.3) is 17.7 Å². The van der Waals surface area contributed by atoms with Crippen molar-refractivity contribution in [2.45, 2.75) is 143 Å². The van der Waals surface area contributed by atoms with Gasteiger partial charge in [0.25, 0.3) is 0 Å². The third-order valence-electron chi connectivity index (χ3n) is 13.9. The van der Waals surface area contributed by atoms with E-state index in [0.29, 0.717) is 76.2 Å². The number of Topliss-reactive ketones (excluding diaryl/α,β-unsaturated/α-hetero) is 2. The Balaban J connectivity index is 0.000000255. The summed E-state index contributed by atoms with van der Waals surface area (Å²) >= 11 is 0. The monoisotopic (exact) mass is 1300 g/mol. The number of carbonyl (C=O) groups excluding carboxylic acids is 4. The summed E-state index contributed by atoms with van der Waals surface area (Å²) in [4.78, 5) is 56.3. The lowest BCUT2D eigenvalue weighted by Crippen LogP contribution is -2.53. The number of esters is 2. The van der Waals surface area contributed by atoms with Crippen LogP contribution in [0, 0.1) is 5.41 Å². The third kappa shape index (κ3) is 24.8. The van der Waals surface area contributed by atoms with Gasteiger partial charge in [0.1, 0.15) is 12.2 Å². The van der Waals surface area contributed by atoms with Crippen LogP contribution < -0.4 is 20.1 Å². The second kappa shape index (κ2) is 35.7. The molecule has 1 aromatic heterocycles. The van der Waals surface area contributed by atoms with Gasteiger partial charge in [-0.15, -0.1) is 10.2 Å². The van der Waals surface area contributed by atoms with Crippen molar-refractivity contribution in [3.63, 3.8) is 0 Å². The molecule has 0 radical (unpaired) electrons. The maximum Gasteiger partial charge on any atom is 0.433 e. The standard InChI is InChI=1S/C25H24F6N4.C24H32O4.C20H21F3N2O5/c1-23(2)15-32-22(33-16-23)35-34-21(13-7-17-3-9-19(10-4-17)24(26,27)28)14-8-18-5-11-20(12-6-18)25(29,30)31;1-3-4-5-6-7-8-9-10-11-12-17-21-22(26)19-15-13-14-16-20(19)23(27)24(21)28-18(2)25;1-12(2)30-19-24-16(20(21,22)23)9-17(25-19)29-10-13-7-5-6-8-14(13)15(11-27-3)18(26)28-4/h3-14H,15-16H2,1-2H3,(H2,32,33,35);13-16H,3-12,17H2,1-2H3;5-9,11-12H,10H2,1-4H3/b;;15-11+. The van der Waals surface area contributed by atoms with E-state index in [-0.39, 0.29) is 40.8 Å². The molecule has 2 N–H and O–H groups in total. The van der Waals surface area contributed by atoms with Gasteiger partial charge in [-0.3, -0.25) is 14.4 Å². The van der Waals surface area contributed by atoms with E-state index in [9.17, 15) is 58.7 Å². The van der Waals surface area contributed by atoms with Crippen molar-refractivity contribution in [3.8, 4) is 11.9 Å². The van der Waals surface area contributed by atoms with E-state index >= 15 is 0 Å². The van der Waals surface area contributed by atoms with Gasteiger partial charge >= 0.3 is 36.5 Å². The average Bonchev–Trinajstić information content (AvgIpc) is 0.780. The predicted molar refractivity (Wildman–Crippen MR) is 337 cm³/mol. The van der Waals surface area contributed by atoms with Crippen molar-refractivity contribution in [1.82, 2.24) is 20.6 Å². The van der Waals surface area contributed by atoms with Gasteiger partial charge in [0.15, 0.2) is 17.2 Å². The Morgan fingerprint density at radius 3 is 1.69 bits per heavy atom. The molecule has 2 heterocycles. The molecule has 0 atom stereocenters. The highest BCUT2D eigenvalue weighted by Crippen LogP contribution is 2.34. The summed E-state index contributed by atoms with van der Waals surface area (Å²) in [7, 11) is 2.60. The van der Waals surface area contributed by atoms with Gasteiger partial charge in [0, 0.05) is 42.8 Å². The molecule has 500 valence electrons. The van der Waals surface area contributed by atoms with Gasteiger partial charge in [-0.25, -0.2) is 4.79 Å². The predicted octanol–water partition coefficient (Wildman–Crippen LogP) is 16.6. The summed E-state index contributed by atoms with van der Waals surface area (Å²) in [6, 6.07) is 22.9. The number of halogens is 9. The Bertz CT molecular complexity index is 3420. The molecule has 0 unspecified atom stereocenters. The number of ketones is 2. The summed E-state index contributed by atoms with van der Waals surface area (Å²) < 4.78 is 142. The zero-order valence-corrected chi connectivity index (χ0v) is 53.0. The molecule has 93 heavy (non-hydrogen) atoms. The lowest BCUT2D eigenvalue weighted by atomic mass is 9.86. The first-order chi connectivity index (χ1) is 44.0. The molecule has 0 bridgehead atoms. The molecular weight excluding hydrogens is 1230 g/mol. The molecule has 5 aromatic rings. The minimum absolute atomic E-state index is 0.0382. The number of alkyl halides is 9. The Kier molecular flexibility index (Phi) is 28.6. The van der Waals surface area contributed by atoms with Crippen LogP contribution in [-0.2, 0) is 48.9 Å². The molecular formula is C69H77F9N6O9. The number of fused-ring (bicyclic) bond motifs is 1. The molecule has 4 aromatic carbocycles. The van der Waals surface area contributed by atoms with Crippen molar-refractivity contribution in [2.24, 2.45) is 15.6 Å². The summed E-state index contributed by atoms with van der Waals surface area (Å²) in [5.74, 6) is -1.71. The second-order valence-electron chi connectivity index (χ2n) is 22.5. The summed E-state index contributed by atoms with van der Waals surface area (Å²) in [6.45, 7) is 12.1. The maximum absolute atomic E-state index is 13.2. The highest BCUT2D eigenvalue weighted by Gasteiger charge is 2.36. The highest BCUT2D eigenvalue weighted by molar-refractivity contribution is 6.26. The number of nitrogens with one attached hydrogen (secondary N) is 2. The molecule has 15 nitrogen and oxygen atoms in total. The van der Waals surface area contributed by atoms with Crippen molar-refractivity contribution in [1.29, 1.82) is 0 Å². The molecule has 2 aliphatic rings. The van der Waals surface area contributed by atoms with Crippen LogP contribution in [0.15, 0.2) is 143 Å². The molecule has 0 saturated carbocycles. The topological polar surface area (TPSA) is 189 Å². The molecule has 0 amide bonds. The number of unbranched alkanes of at least 4 members (excludes halogenated alkanes) is 9. The number of nitrogens with zero attached hydrogens (tertiary/aromatic N) is 4. The van der Waals surface area contributed by atoms with E-state index < -0.39 is 59.4 Å². The molecule has 0 spiro atoms.